The van der Waals surface area contributed by atoms with Crippen molar-refractivity contribution < 1.29 is 4.79 Å². The van der Waals surface area contributed by atoms with Crippen LogP contribution in [0.15, 0.2) is 48.5 Å². The molecule has 5 heteroatoms. The van der Waals surface area contributed by atoms with Gasteiger partial charge < -0.3 is 4.90 Å². The Morgan fingerprint density at radius 2 is 1.81 bits per heavy atom. The van der Waals surface area contributed by atoms with Gasteiger partial charge in [-0.3, -0.25) is 9.69 Å². The second-order valence-corrected chi connectivity index (χ2v) is 7.77. The van der Waals surface area contributed by atoms with E-state index >= 15 is 0 Å². The largest absolute Gasteiger partial charge is 0.341 e. The number of piperidine rings is 1. The second-order valence-electron chi connectivity index (χ2n) is 6.95. The molecular weight excluding hydrogens is 367 g/mol. The number of likely N-dealkylation sites (tertiary alicyclic amines) is 1. The zero-order valence-electron chi connectivity index (χ0n) is 15.0. The zero-order chi connectivity index (χ0) is 18.5. The van der Waals surface area contributed by atoms with E-state index < -0.39 is 0 Å². The normalized spacial score (nSPS) is 17.9. The van der Waals surface area contributed by atoms with Crippen molar-refractivity contribution in [1.29, 1.82) is 0 Å². The van der Waals surface area contributed by atoms with Crippen LogP contribution in [-0.4, -0.2) is 35.8 Å². The van der Waals surface area contributed by atoms with Gasteiger partial charge in [-0.1, -0.05) is 59.6 Å². The van der Waals surface area contributed by atoms with E-state index in [4.69, 9.17) is 23.2 Å². The minimum atomic E-state index is 0.0266. The standard InChI is InChI=1S/C21H24Cl2N2O/c1-24(13-16-7-3-2-4-8-16)21(26)17-9-6-12-25(14-17)15-18-19(22)10-5-11-20(18)23/h2-5,7-8,10-11,17H,6,9,12-15H2,1H3/t17-/m1/s1. The van der Waals surface area contributed by atoms with Crippen LogP contribution in [-0.2, 0) is 17.9 Å². The third kappa shape index (κ3) is 4.79. The lowest BCUT2D eigenvalue weighted by molar-refractivity contribution is -0.136. The number of halogens is 2. The van der Waals surface area contributed by atoms with Crippen molar-refractivity contribution >= 4 is 29.1 Å². The van der Waals surface area contributed by atoms with E-state index in [2.05, 4.69) is 17.0 Å². The summed E-state index contributed by atoms with van der Waals surface area (Å²) in [4.78, 5) is 17.0. The first-order chi connectivity index (χ1) is 12.5. The van der Waals surface area contributed by atoms with Crippen LogP contribution in [0.1, 0.15) is 24.0 Å². The van der Waals surface area contributed by atoms with Crippen LogP contribution in [0.3, 0.4) is 0 Å². The maximum absolute atomic E-state index is 12.9. The molecule has 3 nitrogen and oxygen atoms in total. The van der Waals surface area contributed by atoms with Gasteiger partial charge in [-0.15, -0.1) is 0 Å². The van der Waals surface area contributed by atoms with Gasteiger partial charge in [0.25, 0.3) is 0 Å². The summed E-state index contributed by atoms with van der Waals surface area (Å²) in [6.45, 7) is 3.05. The fraction of sp³-hybridized carbons (Fsp3) is 0.381. The molecule has 2 aromatic carbocycles. The molecule has 1 amide bonds. The van der Waals surface area contributed by atoms with E-state index in [-0.39, 0.29) is 11.8 Å². The summed E-state index contributed by atoms with van der Waals surface area (Å²) in [6.07, 6.45) is 1.95. The van der Waals surface area contributed by atoms with Crippen molar-refractivity contribution in [3.8, 4) is 0 Å². The highest BCUT2D eigenvalue weighted by Gasteiger charge is 2.28. The van der Waals surface area contributed by atoms with Gasteiger partial charge in [-0.25, -0.2) is 0 Å². The average molecular weight is 391 g/mol. The maximum Gasteiger partial charge on any atom is 0.227 e. The quantitative estimate of drug-likeness (QED) is 0.727. The SMILES string of the molecule is CN(Cc1ccccc1)C(=O)[C@@H]1CCCN(Cc2c(Cl)cccc2Cl)C1. The zero-order valence-corrected chi connectivity index (χ0v) is 16.5. The van der Waals surface area contributed by atoms with Crippen molar-refractivity contribution in [1.82, 2.24) is 9.80 Å². The van der Waals surface area contributed by atoms with Crippen LogP contribution in [0.2, 0.25) is 10.0 Å². The molecule has 0 N–H and O–H groups in total. The van der Waals surface area contributed by atoms with Gasteiger partial charge in [0.1, 0.15) is 0 Å². The number of benzene rings is 2. The van der Waals surface area contributed by atoms with Gasteiger partial charge in [0.05, 0.1) is 5.92 Å². The monoisotopic (exact) mass is 390 g/mol. The van der Waals surface area contributed by atoms with Crippen LogP contribution >= 0.6 is 23.2 Å². The molecule has 2 aromatic rings. The van der Waals surface area contributed by atoms with Gasteiger partial charge in [0.2, 0.25) is 5.91 Å². The Bertz CT molecular complexity index is 731. The van der Waals surface area contributed by atoms with Crippen LogP contribution < -0.4 is 0 Å². The van der Waals surface area contributed by atoms with Gasteiger partial charge >= 0.3 is 0 Å². The summed E-state index contributed by atoms with van der Waals surface area (Å²) in [6, 6.07) is 15.7. The minimum absolute atomic E-state index is 0.0266. The van der Waals surface area contributed by atoms with Crippen LogP contribution in [0.4, 0.5) is 0 Å². The smallest absolute Gasteiger partial charge is 0.227 e. The lowest BCUT2D eigenvalue weighted by Gasteiger charge is -2.34. The summed E-state index contributed by atoms with van der Waals surface area (Å²) in [5, 5.41) is 1.37. The molecule has 0 bridgehead atoms. The number of carbonyl (C=O) groups excluding carboxylic acids is 1. The predicted molar refractivity (Wildman–Crippen MR) is 107 cm³/mol. The highest BCUT2D eigenvalue weighted by atomic mass is 35.5. The lowest BCUT2D eigenvalue weighted by Crippen LogP contribution is -2.43. The molecular formula is C21H24Cl2N2O. The Balaban J connectivity index is 1.61. The first-order valence-corrected chi connectivity index (χ1v) is 9.74. The van der Waals surface area contributed by atoms with Gasteiger partial charge in [0, 0.05) is 42.3 Å². The van der Waals surface area contributed by atoms with E-state index in [0.29, 0.717) is 23.1 Å². The molecule has 1 saturated heterocycles. The van der Waals surface area contributed by atoms with Crippen LogP contribution in [0.5, 0.6) is 0 Å². The minimum Gasteiger partial charge on any atom is -0.341 e. The Morgan fingerprint density at radius 3 is 2.50 bits per heavy atom. The number of rotatable bonds is 5. The first kappa shape index (κ1) is 19.2. The first-order valence-electron chi connectivity index (χ1n) is 8.98. The molecule has 3 rings (SSSR count). The number of carbonyl (C=O) groups is 1. The van der Waals surface area contributed by atoms with Crippen molar-refractivity contribution in [2.45, 2.75) is 25.9 Å². The highest BCUT2D eigenvalue weighted by molar-refractivity contribution is 6.35. The molecule has 0 radical (unpaired) electrons. The summed E-state index contributed by atoms with van der Waals surface area (Å²) in [7, 11) is 1.89. The lowest BCUT2D eigenvalue weighted by atomic mass is 9.96. The summed E-state index contributed by atoms with van der Waals surface area (Å²) >= 11 is 12.6. The summed E-state index contributed by atoms with van der Waals surface area (Å²) in [5.41, 5.74) is 2.10. The molecule has 1 atom stereocenters. The van der Waals surface area contributed by atoms with Crippen molar-refractivity contribution in [3.63, 3.8) is 0 Å². The Labute approximate surface area is 165 Å². The number of hydrogen-bond donors (Lipinski definition) is 0. The molecule has 1 aliphatic rings. The summed E-state index contributed by atoms with van der Waals surface area (Å²) < 4.78 is 0. The van der Waals surface area contributed by atoms with Crippen molar-refractivity contribution in [2.24, 2.45) is 5.92 Å². The summed E-state index contributed by atoms with van der Waals surface area (Å²) in [5.74, 6) is 0.238. The van der Waals surface area contributed by atoms with Crippen LogP contribution in [0, 0.1) is 5.92 Å². The Kier molecular flexibility index (Phi) is 6.58. The fourth-order valence-electron chi connectivity index (χ4n) is 3.55. The van der Waals surface area contributed by atoms with Crippen molar-refractivity contribution in [3.05, 3.63) is 69.7 Å². The number of hydrogen-bond acceptors (Lipinski definition) is 2. The topological polar surface area (TPSA) is 23.6 Å². The Hall–Kier alpha value is -1.55. The molecule has 0 aliphatic carbocycles. The molecule has 26 heavy (non-hydrogen) atoms. The molecule has 1 fully saturated rings. The molecule has 1 heterocycles. The van der Waals surface area contributed by atoms with E-state index in [1.165, 1.54) is 0 Å². The predicted octanol–water partition coefficient (Wildman–Crippen LogP) is 4.86. The molecule has 0 aromatic heterocycles. The van der Waals surface area contributed by atoms with Gasteiger partial charge in [-0.2, -0.15) is 0 Å². The van der Waals surface area contributed by atoms with Crippen LogP contribution in [0.25, 0.3) is 0 Å². The molecule has 0 saturated carbocycles. The second kappa shape index (κ2) is 8.90. The molecule has 138 valence electrons. The third-order valence-electron chi connectivity index (χ3n) is 4.94. The van der Waals surface area contributed by atoms with E-state index in [9.17, 15) is 4.79 Å². The number of amides is 1. The molecule has 0 spiro atoms. The Morgan fingerprint density at radius 1 is 1.12 bits per heavy atom. The van der Waals surface area contributed by atoms with E-state index in [1.54, 1.807) is 0 Å². The van der Waals surface area contributed by atoms with E-state index in [0.717, 1.165) is 37.1 Å². The third-order valence-corrected chi connectivity index (χ3v) is 5.65. The average Bonchev–Trinajstić information content (AvgIpc) is 2.65. The molecule has 1 aliphatic heterocycles. The van der Waals surface area contributed by atoms with Crippen molar-refractivity contribution in [2.75, 3.05) is 20.1 Å². The highest BCUT2D eigenvalue weighted by Crippen LogP contribution is 2.28. The maximum atomic E-state index is 12.9. The number of nitrogens with zero attached hydrogens (tertiary/aromatic N) is 2. The van der Waals surface area contributed by atoms with Gasteiger partial charge in [0.15, 0.2) is 0 Å². The van der Waals surface area contributed by atoms with Gasteiger partial charge in [-0.05, 0) is 37.1 Å². The van der Waals surface area contributed by atoms with E-state index in [1.807, 2.05) is 48.3 Å². The fourth-order valence-corrected chi connectivity index (χ4v) is 4.07. The molecule has 0 unspecified atom stereocenters.